The van der Waals surface area contributed by atoms with Crippen LogP contribution >= 0.6 is 22.9 Å². The Balaban J connectivity index is 2.02. The summed E-state index contributed by atoms with van der Waals surface area (Å²) in [6.45, 7) is 0.740. The third-order valence-electron chi connectivity index (χ3n) is 2.06. The molecule has 0 saturated carbocycles. The predicted molar refractivity (Wildman–Crippen MR) is 67.5 cm³/mol. The fraction of sp³-hybridized carbons (Fsp3) is 0.0909. The van der Waals surface area contributed by atoms with Crippen LogP contribution in [-0.2, 0) is 6.54 Å². The summed E-state index contributed by atoms with van der Waals surface area (Å²) >= 11 is 7.53. The summed E-state index contributed by atoms with van der Waals surface area (Å²) in [5.41, 5.74) is 7.63. The highest BCUT2D eigenvalue weighted by molar-refractivity contribution is 7.10. The molecule has 0 aliphatic rings. The van der Waals surface area contributed by atoms with Crippen molar-refractivity contribution in [1.29, 1.82) is 0 Å². The zero-order valence-electron chi connectivity index (χ0n) is 8.03. The Kier molecular flexibility index (Phi) is 3.14. The van der Waals surface area contributed by atoms with Gasteiger partial charge in [-0.15, -0.1) is 11.3 Å². The van der Waals surface area contributed by atoms with Crippen LogP contribution in [0.4, 0.5) is 11.4 Å². The van der Waals surface area contributed by atoms with E-state index in [0.29, 0.717) is 0 Å². The Bertz CT molecular complexity index is 453. The van der Waals surface area contributed by atoms with Gasteiger partial charge in [-0.25, -0.2) is 0 Å². The van der Waals surface area contributed by atoms with Gasteiger partial charge < -0.3 is 11.1 Å². The molecule has 0 radical (unpaired) electrons. The van der Waals surface area contributed by atoms with Crippen LogP contribution in [0.25, 0.3) is 0 Å². The highest BCUT2D eigenvalue weighted by atomic mass is 35.5. The SMILES string of the molecule is Nc1ccsc1CNc1cccc(Cl)c1. The molecule has 1 aromatic heterocycles. The fourth-order valence-electron chi connectivity index (χ4n) is 1.27. The molecule has 1 heterocycles. The van der Waals surface area contributed by atoms with Gasteiger partial charge in [0.1, 0.15) is 0 Å². The number of benzene rings is 1. The molecule has 2 aromatic rings. The van der Waals surface area contributed by atoms with Crippen LogP contribution < -0.4 is 11.1 Å². The van der Waals surface area contributed by atoms with Gasteiger partial charge in [0.05, 0.1) is 6.54 Å². The molecule has 0 bridgehead atoms. The third-order valence-corrected chi connectivity index (χ3v) is 3.23. The maximum Gasteiger partial charge on any atom is 0.0514 e. The highest BCUT2D eigenvalue weighted by Gasteiger charge is 2.00. The van der Waals surface area contributed by atoms with E-state index in [1.54, 1.807) is 11.3 Å². The Morgan fingerprint density at radius 1 is 1.33 bits per heavy atom. The quantitative estimate of drug-likeness (QED) is 0.858. The van der Waals surface area contributed by atoms with Crippen molar-refractivity contribution in [3.8, 4) is 0 Å². The lowest BCUT2D eigenvalue weighted by molar-refractivity contribution is 1.20. The Labute approximate surface area is 97.7 Å². The summed E-state index contributed by atoms with van der Waals surface area (Å²) in [6.07, 6.45) is 0. The first kappa shape index (κ1) is 10.3. The Morgan fingerprint density at radius 3 is 2.87 bits per heavy atom. The topological polar surface area (TPSA) is 38.0 Å². The van der Waals surface area contributed by atoms with Crippen LogP contribution in [-0.4, -0.2) is 0 Å². The van der Waals surface area contributed by atoms with E-state index in [2.05, 4.69) is 5.32 Å². The molecule has 0 aliphatic carbocycles. The monoisotopic (exact) mass is 238 g/mol. The van der Waals surface area contributed by atoms with Crippen molar-refractivity contribution in [3.63, 3.8) is 0 Å². The Morgan fingerprint density at radius 2 is 2.20 bits per heavy atom. The average Bonchev–Trinajstić information content (AvgIpc) is 2.61. The van der Waals surface area contributed by atoms with Gasteiger partial charge >= 0.3 is 0 Å². The summed E-state index contributed by atoms with van der Waals surface area (Å²) in [6, 6.07) is 9.56. The van der Waals surface area contributed by atoms with Crippen molar-refractivity contribution < 1.29 is 0 Å². The summed E-state index contributed by atoms with van der Waals surface area (Å²) in [7, 11) is 0. The van der Waals surface area contributed by atoms with Gasteiger partial charge in [0.15, 0.2) is 0 Å². The summed E-state index contributed by atoms with van der Waals surface area (Å²) < 4.78 is 0. The van der Waals surface area contributed by atoms with E-state index in [4.69, 9.17) is 17.3 Å². The minimum Gasteiger partial charge on any atom is -0.398 e. The third kappa shape index (κ3) is 2.64. The number of nitrogens with one attached hydrogen (secondary N) is 1. The zero-order chi connectivity index (χ0) is 10.7. The van der Waals surface area contributed by atoms with Crippen LogP contribution in [0, 0.1) is 0 Å². The molecule has 3 N–H and O–H groups in total. The second-order valence-corrected chi connectivity index (χ2v) is 4.60. The molecule has 2 rings (SSSR count). The maximum atomic E-state index is 5.87. The minimum absolute atomic E-state index is 0.735. The number of nitrogens with two attached hydrogens (primary N) is 1. The molecular weight excluding hydrogens is 228 g/mol. The van der Waals surface area contributed by atoms with Crippen LogP contribution in [0.3, 0.4) is 0 Å². The molecule has 78 valence electrons. The normalized spacial score (nSPS) is 10.2. The van der Waals surface area contributed by atoms with Crippen molar-refractivity contribution in [2.24, 2.45) is 0 Å². The molecule has 4 heteroatoms. The largest absolute Gasteiger partial charge is 0.398 e. The van der Waals surface area contributed by atoms with Crippen molar-refractivity contribution >= 4 is 34.3 Å². The zero-order valence-corrected chi connectivity index (χ0v) is 9.61. The maximum absolute atomic E-state index is 5.87. The molecule has 1 aromatic carbocycles. The number of nitrogen functional groups attached to an aromatic ring is 1. The molecule has 15 heavy (non-hydrogen) atoms. The Hall–Kier alpha value is -1.19. The van der Waals surface area contributed by atoms with E-state index in [-0.39, 0.29) is 0 Å². The molecular formula is C11H11ClN2S. The summed E-state index contributed by atoms with van der Waals surface area (Å²) in [5, 5.41) is 6.00. The summed E-state index contributed by atoms with van der Waals surface area (Å²) in [4.78, 5) is 1.15. The van der Waals surface area contributed by atoms with Crippen LogP contribution in [0.15, 0.2) is 35.7 Å². The van der Waals surface area contributed by atoms with Crippen molar-refractivity contribution in [2.45, 2.75) is 6.54 Å². The second kappa shape index (κ2) is 4.55. The van der Waals surface area contributed by atoms with Crippen molar-refractivity contribution in [2.75, 3.05) is 11.1 Å². The number of thiophene rings is 1. The standard InChI is InChI=1S/C11H11ClN2S/c12-8-2-1-3-9(6-8)14-7-11-10(13)4-5-15-11/h1-6,14H,7,13H2. The van der Waals surface area contributed by atoms with Crippen molar-refractivity contribution in [1.82, 2.24) is 0 Å². The first-order chi connectivity index (χ1) is 7.25. The predicted octanol–water partition coefficient (Wildman–Crippen LogP) is 3.60. The molecule has 0 spiro atoms. The van der Waals surface area contributed by atoms with E-state index in [1.165, 1.54) is 0 Å². The molecule has 0 amide bonds. The van der Waals surface area contributed by atoms with E-state index in [9.17, 15) is 0 Å². The molecule has 0 unspecified atom stereocenters. The number of rotatable bonds is 3. The summed E-state index contributed by atoms with van der Waals surface area (Å²) in [5.74, 6) is 0. The molecule has 0 aliphatic heterocycles. The lowest BCUT2D eigenvalue weighted by Gasteiger charge is -2.05. The van der Waals surface area contributed by atoms with Crippen LogP contribution in [0.1, 0.15) is 4.88 Å². The first-order valence-electron chi connectivity index (χ1n) is 4.57. The van der Waals surface area contributed by atoms with Crippen LogP contribution in [0.2, 0.25) is 5.02 Å². The lowest BCUT2D eigenvalue weighted by atomic mass is 10.3. The second-order valence-electron chi connectivity index (χ2n) is 3.16. The van der Waals surface area contributed by atoms with Gasteiger partial charge in [0.25, 0.3) is 0 Å². The fourth-order valence-corrected chi connectivity index (χ4v) is 2.20. The van der Waals surface area contributed by atoms with E-state index < -0.39 is 0 Å². The lowest BCUT2D eigenvalue weighted by Crippen LogP contribution is -1.99. The van der Waals surface area contributed by atoms with Crippen LogP contribution in [0.5, 0.6) is 0 Å². The van der Waals surface area contributed by atoms with E-state index in [1.807, 2.05) is 35.7 Å². The number of hydrogen-bond acceptors (Lipinski definition) is 3. The van der Waals surface area contributed by atoms with Gasteiger partial charge in [-0.05, 0) is 29.6 Å². The average molecular weight is 239 g/mol. The molecule has 2 nitrogen and oxygen atoms in total. The van der Waals surface area contributed by atoms with Gasteiger partial charge in [-0.1, -0.05) is 17.7 Å². The van der Waals surface area contributed by atoms with Gasteiger partial charge in [0.2, 0.25) is 0 Å². The molecule has 0 atom stereocenters. The smallest absolute Gasteiger partial charge is 0.0514 e. The first-order valence-corrected chi connectivity index (χ1v) is 5.83. The number of halogens is 1. The number of anilines is 2. The van der Waals surface area contributed by atoms with Gasteiger partial charge in [-0.3, -0.25) is 0 Å². The number of hydrogen-bond donors (Lipinski definition) is 2. The van der Waals surface area contributed by atoms with Gasteiger partial charge in [0, 0.05) is 21.3 Å². The van der Waals surface area contributed by atoms with Gasteiger partial charge in [-0.2, -0.15) is 0 Å². The van der Waals surface area contributed by atoms with E-state index in [0.717, 1.165) is 27.8 Å². The highest BCUT2D eigenvalue weighted by Crippen LogP contribution is 2.21. The minimum atomic E-state index is 0.735. The molecule has 0 fully saturated rings. The van der Waals surface area contributed by atoms with Crippen molar-refractivity contribution in [3.05, 3.63) is 45.6 Å². The molecule has 0 saturated heterocycles. The van der Waals surface area contributed by atoms with E-state index >= 15 is 0 Å².